The minimum Gasteiger partial charge on any atom is -0.325 e. The second-order valence-corrected chi connectivity index (χ2v) is 6.54. The molecule has 0 atom stereocenters. The Balaban J connectivity index is 1.67. The Hall–Kier alpha value is -2.73. The van der Waals surface area contributed by atoms with Gasteiger partial charge < -0.3 is 5.32 Å². The largest absolute Gasteiger partial charge is 0.325 e. The molecule has 0 aliphatic carbocycles. The van der Waals surface area contributed by atoms with E-state index >= 15 is 0 Å². The zero-order chi connectivity index (χ0) is 17.8. The van der Waals surface area contributed by atoms with Crippen molar-refractivity contribution in [2.45, 2.75) is 18.9 Å². The predicted molar refractivity (Wildman–Crippen MR) is 100 cm³/mol. The Morgan fingerprint density at radius 1 is 1.04 bits per heavy atom. The Morgan fingerprint density at radius 2 is 1.76 bits per heavy atom. The lowest BCUT2D eigenvalue weighted by Gasteiger charge is -2.08. The number of nitrogens with zero attached hydrogens (tertiary/aromatic N) is 2. The number of rotatable bonds is 5. The van der Waals surface area contributed by atoms with E-state index in [1.165, 1.54) is 18.7 Å². The maximum Gasteiger partial charge on any atom is 0.234 e. The summed E-state index contributed by atoms with van der Waals surface area (Å²) in [4.78, 5) is 32.7. The maximum atomic E-state index is 12.2. The third-order valence-corrected chi connectivity index (χ3v) is 4.66. The van der Waals surface area contributed by atoms with Gasteiger partial charge in [-0.1, -0.05) is 36.0 Å². The van der Waals surface area contributed by atoms with Crippen LogP contribution in [0.1, 0.15) is 23.0 Å². The Morgan fingerprint density at radius 3 is 2.48 bits per heavy atom. The third kappa shape index (κ3) is 4.22. The molecule has 0 radical (unpaired) electrons. The molecule has 0 aliphatic heterocycles. The fraction of sp³-hybridized carbons (Fsp3) is 0.158. The molecule has 5 nitrogen and oxygen atoms in total. The van der Waals surface area contributed by atoms with E-state index in [2.05, 4.69) is 15.3 Å². The summed E-state index contributed by atoms with van der Waals surface area (Å²) < 4.78 is 0. The summed E-state index contributed by atoms with van der Waals surface area (Å²) in [6.07, 6.45) is 0. The topological polar surface area (TPSA) is 72.0 Å². The van der Waals surface area contributed by atoms with Crippen molar-refractivity contribution in [3.05, 3.63) is 59.8 Å². The quantitative estimate of drug-likeness (QED) is 0.558. The van der Waals surface area contributed by atoms with Gasteiger partial charge in [0.25, 0.3) is 0 Å². The standard InChI is InChI=1S/C19H17N3O2S/c1-12-19(22-17-9-4-3-8-16(17)20-12)25-11-18(24)21-15-7-5-6-14(10-15)13(2)23/h3-10H,11H2,1-2H3,(H,21,24). The van der Waals surface area contributed by atoms with Gasteiger partial charge >= 0.3 is 0 Å². The number of amides is 1. The van der Waals surface area contributed by atoms with Gasteiger partial charge in [-0.25, -0.2) is 9.97 Å². The van der Waals surface area contributed by atoms with E-state index in [0.29, 0.717) is 11.3 Å². The lowest BCUT2D eigenvalue weighted by molar-refractivity contribution is -0.113. The molecule has 1 N–H and O–H groups in total. The van der Waals surface area contributed by atoms with Gasteiger partial charge in [-0.05, 0) is 38.1 Å². The van der Waals surface area contributed by atoms with Crippen LogP contribution in [0.2, 0.25) is 0 Å². The summed E-state index contributed by atoms with van der Waals surface area (Å²) in [6, 6.07) is 14.6. The lowest BCUT2D eigenvalue weighted by atomic mass is 10.1. The van der Waals surface area contributed by atoms with Crippen LogP contribution in [-0.4, -0.2) is 27.4 Å². The van der Waals surface area contributed by atoms with Gasteiger partial charge in [-0.15, -0.1) is 0 Å². The molecule has 0 aliphatic rings. The molecule has 1 amide bonds. The van der Waals surface area contributed by atoms with Crippen LogP contribution in [0.25, 0.3) is 11.0 Å². The maximum absolute atomic E-state index is 12.2. The zero-order valence-corrected chi connectivity index (χ0v) is 14.8. The third-order valence-electron chi connectivity index (χ3n) is 3.59. The number of benzene rings is 2. The minimum absolute atomic E-state index is 0.0347. The SMILES string of the molecule is CC(=O)c1cccc(NC(=O)CSc2nc3ccccc3nc2C)c1. The molecule has 3 rings (SSSR count). The summed E-state index contributed by atoms with van der Waals surface area (Å²) in [6.45, 7) is 3.38. The van der Waals surface area contributed by atoms with E-state index in [4.69, 9.17) is 0 Å². The number of hydrogen-bond acceptors (Lipinski definition) is 5. The van der Waals surface area contributed by atoms with Crippen molar-refractivity contribution in [3.63, 3.8) is 0 Å². The molecule has 2 aromatic carbocycles. The van der Waals surface area contributed by atoms with Crippen LogP contribution < -0.4 is 5.32 Å². The number of anilines is 1. The number of hydrogen-bond donors (Lipinski definition) is 1. The summed E-state index contributed by atoms with van der Waals surface area (Å²) in [5.41, 5.74) is 3.64. The van der Waals surface area contributed by atoms with Crippen molar-refractivity contribution in [2.75, 3.05) is 11.1 Å². The number of para-hydroxylation sites is 2. The smallest absolute Gasteiger partial charge is 0.234 e. The molecule has 0 saturated heterocycles. The van der Waals surface area contributed by atoms with Crippen molar-refractivity contribution in [1.82, 2.24) is 9.97 Å². The van der Waals surface area contributed by atoms with E-state index in [0.717, 1.165) is 21.8 Å². The van der Waals surface area contributed by atoms with Gasteiger partial charge in [0, 0.05) is 11.3 Å². The highest BCUT2D eigenvalue weighted by Crippen LogP contribution is 2.22. The highest BCUT2D eigenvalue weighted by molar-refractivity contribution is 8.00. The number of Topliss-reactive ketones (excluding diaryl/α,β-unsaturated/α-hetero) is 1. The van der Waals surface area contributed by atoms with Gasteiger partial charge in [-0.3, -0.25) is 9.59 Å². The van der Waals surface area contributed by atoms with Gasteiger partial charge in [0.2, 0.25) is 5.91 Å². The molecule has 1 heterocycles. The molecule has 3 aromatic rings. The average molecular weight is 351 g/mol. The number of nitrogens with one attached hydrogen (secondary N) is 1. The second kappa shape index (κ2) is 7.44. The van der Waals surface area contributed by atoms with E-state index in [1.807, 2.05) is 31.2 Å². The summed E-state index contributed by atoms with van der Waals surface area (Å²) >= 11 is 1.35. The molecule has 0 fully saturated rings. The van der Waals surface area contributed by atoms with E-state index < -0.39 is 0 Å². The van der Waals surface area contributed by atoms with Crippen molar-refractivity contribution in [1.29, 1.82) is 0 Å². The first-order chi connectivity index (χ1) is 12.0. The average Bonchev–Trinajstić information content (AvgIpc) is 2.60. The monoisotopic (exact) mass is 351 g/mol. The van der Waals surface area contributed by atoms with Gasteiger partial charge in [0.15, 0.2) is 5.78 Å². The first kappa shape index (κ1) is 17.1. The minimum atomic E-state index is -0.153. The van der Waals surface area contributed by atoms with Crippen LogP contribution >= 0.6 is 11.8 Å². The summed E-state index contributed by atoms with van der Waals surface area (Å²) in [5.74, 6) is 0.0330. The van der Waals surface area contributed by atoms with Crippen molar-refractivity contribution in [3.8, 4) is 0 Å². The molecule has 0 bridgehead atoms. The van der Waals surface area contributed by atoms with Gasteiger partial charge in [0.05, 0.1) is 22.5 Å². The highest BCUT2D eigenvalue weighted by atomic mass is 32.2. The van der Waals surface area contributed by atoms with Crippen molar-refractivity contribution >= 4 is 40.2 Å². The highest BCUT2D eigenvalue weighted by Gasteiger charge is 2.10. The molecule has 0 spiro atoms. The predicted octanol–water partition coefficient (Wildman–Crippen LogP) is 3.87. The molecule has 0 saturated carbocycles. The van der Waals surface area contributed by atoms with Gasteiger partial charge in [0.1, 0.15) is 5.03 Å². The number of thioether (sulfide) groups is 1. The second-order valence-electron chi connectivity index (χ2n) is 5.58. The van der Waals surface area contributed by atoms with Crippen LogP contribution in [0.4, 0.5) is 5.69 Å². The Labute approximate surface area is 149 Å². The Bertz CT molecular complexity index is 956. The van der Waals surface area contributed by atoms with Crippen LogP contribution in [0.15, 0.2) is 53.6 Å². The van der Waals surface area contributed by atoms with E-state index in [-0.39, 0.29) is 17.4 Å². The number of aryl methyl sites for hydroxylation is 1. The molecule has 6 heteroatoms. The fourth-order valence-corrected chi connectivity index (χ4v) is 3.11. The van der Waals surface area contributed by atoms with Gasteiger partial charge in [-0.2, -0.15) is 0 Å². The van der Waals surface area contributed by atoms with Crippen molar-refractivity contribution < 1.29 is 9.59 Å². The summed E-state index contributed by atoms with van der Waals surface area (Å²) in [5, 5.41) is 3.55. The Kier molecular flexibility index (Phi) is 5.09. The molecule has 25 heavy (non-hydrogen) atoms. The molecule has 126 valence electrons. The first-order valence-electron chi connectivity index (χ1n) is 7.80. The van der Waals surface area contributed by atoms with Crippen LogP contribution in [0.3, 0.4) is 0 Å². The molecular weight excluding hydrogens is 334 g/mol. The van der Waals surface area contributed by atoms with Crippen molar-refractivity contribution in [2.24, 2.45) is 0 Å². The van der Waals surface area contributed by atoms with E-state index in [1.54, 1.807) is 24.3 Å². The van der Waals surface area contributed by atoms with Crippen LogP contribution in [-0.2, 0) is 4.79 Å². The number of fused-ring (bicyclic) bond motifs is 1. The lowest BCUT2D eigenvalue weighted by Crippen LogP contribution is -2.14. The molecular formula is C19H17N3O2S. The number of ketones is 1. The van der Waals surface area contributed by atoms with E-state index in [9.17, 15) is 9.59 Å². The molecule has 1 aromatic heterocycles. The number of carbonyl (C=O) groups is 2. The molecule has 0 unspecified atom stereocenters. The first-order valence-corrected chi connectivity index (χ1v) is 8.78. The number of carbonyl (C=O) groups excluding carboxylic acids is 2. The zero-order valence-electron chi connectivity index (χ0n) is 13.9. The number of aromatic nitrogens is 2. The summed E-state index contributed by atoms with van der Waals surface area (Å²) in [7, 11) is 0. The van der Waals surface area contributed by atoms with Crippen LogP contribution in [0.5, 0.6) is 0 Å². The normalized spacial score (nSPS) is 10.6. The fourth-order valence-electron chi connectivity index (χ4n) is 2.36. The van der Waals surface area contributed by atoms with Crippen LogP contribution in [0, 0.1) is 6.92 Å².